The number of amides is 1. The summed E-state index contributed by atoms with van der Waals surface area (Å²) in [5, 5.41) is 12.0. The fraction of sp³-hybridized carbons (Fsp3) is 0.105. The molecule has 0 aliphatic rings. The number of hydrogen-bond acceptors (Lipinski definition) is 4. The molecule has 0 unspecified atom stereocenters. The maximum absolute atomic E-state index is 13.3. The summed E-state index contributed by atoms with van der Waals surface area (Å²) < 4.78 is 20.2. The molecule has 3 rings (SSSR count). The number of imidazole rings is 1. The number of methoxy groups -OCH3 is 1. The third-order valence-electron chi connectivity index (χ3n) is 3.80. The van der Waals surface area contributed by atoms with Crippen molar-refractivity contribution < 1.29 is 13.9 Å². The lowest BCUT2D eigenvalue weighted by atomic mass is 10.2. The van der Waals surface area contributed by atoms with Gasteiger partial charge in [0.15, 0.2) is 11.5 Å². The molecular formula is C19H15FN4O2. The molecule has 1 N–H and O–H groups in total. The van der Waals surface area contributed by atoms with Crippen molar-refractivity contribution in [3.05, 3.63) is 77.5 Å². The van der Waals surface area contributed by atoms with Crippen molar-refractivity contribution in [3.8, 4) is 11.8 Å². The van der Waals surface area contributed by atoms with Crippen LogP contribution in [0, 0.1) is 17.1 Å². The van der Waals surface area contributed by atoms with Gasteiger partial charge in [0.25, 0.3) is 5.91 Å². The number of aromatic nitrogens is 2. The number of para-hydroxylation sites is 1. The molecule has 0 aliphatic heterocycles. The lowest BCUT2D eigenvalue weighted by Crippen LogP contribution is -2.14. The van der Waals surface area contributed by atoms with Crippen LogP contribution in [0.25, 0.3) is 0 Å². The topological polar surface area (TPSA) is 79.9 Å². The first-order chi connectivity index (χ1) is 12.6. The van der Waals surface area contributed by atoms with Crippen molar-refractivity contribution in [1.29, 1.82) is 5.26 Å². The zero-order valence-electron chi connectivity index (χ0n) is 13.9. The minimum absolute atomic E-state index is 0.122. The van der Waals surface area contributed by atoms with Crippen LogP contribution in [0.5, 0.6) is 5.75 Å². The molecule has 0 fully saturated rings. The van der Waals surface area contributed by atoms with Gasteiger partial charge in [-0.1, -0.05) is 24.3 Å². The lowest BCUT2D eigenvalue weighted by Gasteiger charge is -2.09. The average molecular weight is 350 g/mol. The summed E-state index contributed by atoms with van der Waals surface area (Å²) >= 11 is 0. The van der Waals surface area contributed by atoms with Crippen LogP contribution in [0.1, 0.15) is 21.6 Å². The van der Waals surface area contributed by atoms with E-state index in [0.29, 0.717) is 12.3 Å². The molecule has 0 atom stereocenters. The van der Waals surface area contributed by atoms with Gasteiger partial charge in [0.1, 0.15) is 17.6 Å². The standard InChI is InChI=1S/C19H15FN4O2/c1-26-17-8-3-2-5-14(17)11-24-12-22-18(16(24)10-21)23-19(25)13-6-4-7-15(20)9-13/h2-9,12H,11H2,1H3,(H,23,25). The number of nitrogens with zero attached hydrogens (tertiary/aromatic N) is 3. The molecule has 1 heterocycles. The van der Waals surface area contributed by atoms with Crippen LogP contribution in [0.2, 0.25) is 0 Å². The Balaban J connectivity index is 1.85. The highest BCUT2D eigenvalue weighted by atomic mass is 19.1. The van der Waals surface area contributed by atoms with E-state index in [0.717, 1.165) is 11.6 Å². The number of carbonyl (C=O) groups is 1. The quantitative estimate of drug-likeness (QED) is 0.766. The fourth-order valence-electron chi connectivity index (χ4n) is 2.54. The van der Waals surface area contributed by atoms with Gasteiger partial charge in [-0.15, -0.1) is 0 Å². The molecular weight excluding hydrogens is 335 g/mol. The largest absolute Gasteiger partial charge is 0.496 e. The highest BCUT2D eigenvalue weighted by molar-refractivity contribution is 6.04. The van der Waals surface area contributed by atoms with Gasteiger partial charge in [-0.2, -0.15) is 5.26 Å². The number of nitriles is 1. The Morgan fingerprint density at radius 2 is 2.12 bits per heavy atom. The Labute approximate surface area is 149 Å². The average Bonchev–Trinajstić information content (AvgIpc) is 3.03. The number of carbonyl (C=O) groups excluding carboxylic acids is 1. The molecule has 1 aromatic heterocycles. The van der Waals surface area contributed by atoms with Gasteiger partial charge in [-0.05, 0) is 24.3 Å². The molecule has 6 nitrogen and oxygen atoms in total. The number of ether oxygens (including phenoxy) is 1. The predicted octanol–water partition coefficient (Wildman–Crippen LogP) is 3.20. The smallest absolute Gasteiger partial charge is 0.256 e. The van der Waals surface area contributed by atoms with Crippen LogP contribution < -0.4 is 10.1 Å². The monoisotopic (exact) mass is 350 g/mol. The van der Waals surface area contributed by atoms with Crippen molar-refractivity contribution in [3.63, 3.8) is 0 Å². The number of benzene rings is 2. The second-order valence-electron chi connectivity index (χ2n) is 5.46. The predicted molar refractivity (Wildman–Crippen MR) is 93.4 cm³/mol. The molecule has 2 aromatic carbocycles. The van der Waals surface area contributed by atoms with E-state index in [1.807, 2.05) is 30.3 Å². The normalized spacial score (nSPS) is 10.2. The minimum atomic E-state index is -0.538. The van der Waals surface area contributed by atoms with Crippen molar-refractivity contribution >= 4 is 11.7 Å². The summed E-state index contributed by atoms with van der Waals surface area (Å²) in [7, 11) is 1.57. The first-order valence-electron chi connectivity index (χ1n) is 7.76. The van der Waals surface area contributed by atoms with E-state index in [1.165, 1.54) is 24.5 Å². The highest BCUT2D eigenvalue weighted by Gasteiger charge is 2.16. The van der Waals surface area contributed by atoms with Crippen LogP contribution >= 0.6 is 0 Å². The first-order valence-corrected chi connectivity index (χ1v) is 7.76. The van der Waals surface area contributed by atoms with Crippen molar-refractivity contribution in [2.45, 2.75) is 6.54 Å². The van der Waals surface area contributed by atoms with Gasteiger partial charge in [0, 0.05) is 11.1 Å². The van der Waals surface area contributed by atoms with E-state index in [2.05, 4.69) is 10.3 Å². The van der Waals surface area contributed by atoms with Crippen molar-refractivity contribution in [1.82, 2.24) is 9.55 Å². The summed E-state index contributed by atoms with van der Waals surface area (Å²) in [6.07, 6.45) is 1.46. The Hall–Kier alpha value is -3.66. The summed E-state index contributed by atoms with van der Waals surface area (Å²) in [6.45, 7) is 0.357. The van der Waals surface area contributed by atoms with Gasteiger partial charge in [0.2, 0.25) is 0 Å². The van der Waals surface area contributed by atoms with Crippen LogP contribution in [-0.4, -0.2) is 22.6 Å². The highest BCUT2D eigenvalue weighted by Crippen LogP contribution is 2.21. The minimum Gasteiger partial charge on any atom is -0.496 e. The zero-order valence-corrected chi connectivity index (χ0v) is 13.9. The Bertz CT molecular complexity index is 991. The Morgan fingerprint density at radius 3 is 2.85 bits per heavy atom. The molecule has 0 saturated heterocycles. The number of nitrogens with one attached hydrogen (secondary N) is 1. The van der Waals surface area contributed by atoms with Gasteiger partial charge in [0.05, 0.1) is 20.0 Å². The second-order valence-corrected chi connectivity index (χ2v) is 5.46. The number of anilines is 1. The molecule has 7 heteroatoms. The number of rotatable bonds is 5. The Kier molecular flexibility index (Phi) is 4.94. The molecule has 130 valence electrons. The van der Waals surface area contributed by atoms with Crippen molar-refractivity contribution in [2.24, 2.45) is 0 Å². The van der Waals surface area contributed by atoms with Gasteiger partial charge in [-0.3, -0.25) is 4.79 Å². The number of halogens is 1. The third-order valence-corrected chi connectivity index (χ3v) is 3.80. The fourth-order valence-corrected chi connectivity index (χ4v) is 2.54. The van der Waals surface area contributed by atoms with Crippen LogP contribution in [0.3, 0.4) is 0 Å². The molecule has 0 aliphatic carbocycles. The maximum Gasteiger partial charge on any atom is 0.256 e. The summed E-state index contributed by atoms with van der Waals surface area (Å²) in [5.74, 6) is -0.240. The van der Waals surface area contributed by atoms with Gasteiger partial charge < -0.3 is 14.6 Å². The van der Waals surface area contributed by atoms with E-state index in [4.69, 9.17) is 4.74 Å². The molecule has 0 radical (unpaired) electrons. The molecule has 26 heavy (non-hydrogen) atoms. The first kappa shape index (κ1) is 17.2. The van der Waals surface area contributed by atoms with E-state index < -0.39 is 11.7 Å². The van der Waals surface area contributed by atoms with Crippen molar-refractivity contribution in [2.75, 3.05) is 12.4 Å². The van der Waals surface area contributed by atoms with E-state index in [-0.39, 0.29) is 17.1 Å². The van der Waals surface area contributed by atoms with E-state index >= 15 is 0 Å². The van der Waals surface area contributed by atoms with E-state index in [9.17, 15) is 14.4 Å². The summed E-state index contributed by atoms with van der Waals surface area (Å²) in [4.78, 5) is 16.3. The molecule has 1 amide bonds. The van der Waals surface area contributed by atoms with E-state index in [1.54, 1.807) is 11.7 Å². The SMILES string of the molecule is COc1ccccc1Cn1cnc(NC(=O)c2cccc(F)c2)c1C#N. The summed E-state index contributed by atoms with van der Waals surface area (Å²) in [5.41, 5.74) is 1.21. The number of hydrogen-bond donors (Lipinski definition) is 1. The molecule has 0 saturated carbocycles. The van der Waals surface area contributed by atoms with Gasteiger partial charge in [-0.25, -0.2) is 9.37 Å². The lowest BCUT2D eigenvalue weighted by molar-refractivity contribution is 0.102. The molecule has 3 aromatic rings. The van der Waals surface area contributed by atoms with Crippen LogP contribution in [0.4, 0.5) is 10.2 Å². The molecule has 0 spiro atoms. The third kappa shape index (κ3) is 3.54. The zero-order chi connectivity index (χ0) is 18.5. The molecule has 0 bridgehead atoms. The van der Waals surface area contributed by atoms with Crippen LogP contribution in [0.15, 0.2) is 54.9 Å². The Morgan fingerprint density at radius 1 is 1.31 bits per heavy atom. The van der Waals surface area contributed by atoms with Crippen LogP contribution in [-0.2, 0) is 6.54 Å². The maximum atomic E-state index is 13.3. The second kappa shape index (κ2) is 7.49. The summed E-state index contributed by atoms with van der Waals surface area (Å²) in [6, 6.07) is 14.8. The van der Waals surface area contributed by atoms with Gasteiger partial charge >= 0.3 is 0 Å².